The van der Waals surface area contributed by atoms with Crippen molar-refractivity contribution >= 4 is 52.0 Å². The van der Waals surface area contributed by atoms with Crippen LogP contribution >= 0.6 is 0 Å². The Labute approximate surface area is 443 Å². The van der Waals surface area contributed by atoms with Gasteiger partial charge < -0.3 is 28.4 Å². The van der Waals surface area contributed by atoms with Gasteiger partial charge in [0.2, 0.25) is 0 Å². The Balaban J connectivity index is 1.24. The molecule has 78 heavy (non-hydrogen) atoms. The molecule has 0 radical (unpaired) electrons. The molecule has 7 aromatic carbocycles. The van der Waals surface area contributed by atoms with E-state index in [4.69, 9.17) is 28.4 Å². The number of hydrogen-bond acceptors (Lipinski definition) is 15. The number of esters is 3. The van der Waals surface area contributed by atoms with E-state index in [1.54, 1.807) is 18.2 Å². The fraction of sp³-hybridized carbons (Fsp3) is 0.211. The first kappa shape index (κ1) is 56.5. The number of hydrogen-bond donors (Lipinski definition) is 0. The third kappa shape index (κ3) is 15.9. The molecule has 0 N–H and O–H groups in total. The van der Waals surface area contributed by atoms with Crippen LogP contribution in [0.2, 0.25) is 0 Å². The van der Waals surface area contributed by atoms with Crippen LogP contribution in [0.1, 0.15) is 87.8 Å². The van der Waals surface area contributed by atoms with Crippen molar-refractivity contribution in [2.24, 2.45) is 30.7 Å². The summed E-state index contributed by atoms with van der Waals surface area (Å²) in [5.74, 6) is -3.64. The van der Waals surface area contributed by atoms with Gasteiger partial charge in [-0.3, -0.25) is 0 Å². The third-order valence-electron chi connectivity index (χ3n) is 10.7. The van der Waals surface area contributed by atoms with E-state index in [0.717, 1.165) is 60.2 Å². The molecule has 0 unspecified atom stereocenters. The zero-order valence-corrected chi connectivity index (χ0v) is 42.2. The van der Waals surface area contributed by atoms with Gasteiger partial charge in [-0.1, -0.05) is 38.5 Å². The number of alkyl halides is 6. The van der Waals surface area contributed by atoms with Crippen LogP contribution in [-0.2, 0) is 12.4 Å². The number of rotatable bonds is 21. The highest BCUT2D eigenvalue weighted by atomic mass is 19.4. The Morgan fingerprint density at radius 3 is 0.897 bits per heavy atom. The van der Waals surface area contributed by atoms with Crippen molar-refractivity contribution in [3.8, 4) is 34.5 Å². The van der Waals surface area contributed by atoms with Crippen molar-refractivity contribution < 1.29 is 69.1 Å². The van der Waals surface area contributed by atoms with Gasteiger partial charge in [0.15, 0.2) is 0 Å². The average molecular weight is 1080 g/mol. The van der Waals surface area contributed by atoms with Crippen molar-refractivity contribution in [2.45, 2.75) is 59.3 Å². The van der Waals surface area contributed by atoms with Gasteiger partial charge in [-0.15, -0.1) is 0 Å². The quantitative estimate of drug-likeness (QED) is 0.0293. The lowest BCUT2D eigenvalue weighted by Gasteiger charge is -2.15. The van der Waals surface area contributed by atoms with Gasteiger partial charge in [-0.2, -0.15) is 57.0 Å². The van der Waals surface area contributed by atoms with Crippen LogP contribution in [0.4, 0.5) is 60.5 Å². The van der Waals surface area contributed by atoms with Crippen molar-refractivity contribution in [3.63, 3.8) is 0 Å². The number of carbonyl (C=O) groups excluding carboxylic acids is 3. The van der Waals surface area contributed by atoms with Crippen LogP contribution in [0.5, 0.6) is 34.5 Å². The molecule has 0 bridgehead atoms. The summed E-state index contributed by atoms with van der Waals surface area (Å²) in [4.78, 5) is 42.7. The molecular formula is C57H48F6N6O9. The monoisotopic (exact) mass is 1070 g/mol. The van der Waals surface area contributed by atoms with E-state index in [2.05, 4.69) is 30.7 Å². The van der Waals surface area contributed by atoms with Gasteiger partial charge in [0.25, 0.3) is 0 Å². The second kappa shape index (κ2) is 26.0. The molecular weight excluding hydrogens is 1030 g/mol. The molecule has 15 nitrogen and oxygen atoms in total. The molecule has 21 heteroatoms. The molecule has 0 amide bonds. The molecule has 0 saturated heterocycles. The van der Waals surface area contributed by atoms with Crippen molar-refractivity contribution in [1.29, 1.82) is 0 Å². The minimum atomic E-state index is -4.56. The number of aryl methyl sites for hydroxylation is 1. The second-order valence-corrected chi connectivity index (χ2v) is 16.9. The van der Waals surface area contributed by atoms with Crippen LogP contribution in [0.15, 0.2) is 176 Å². The summed E-state index contributed by atoms with van der Waals surface area (Å²) in [6, 6.07) is 31.7. The summed E-state index contributed by atoms with van der Waals surface area (Å²) in [5.41, 5.74) is 0.0608. The summed E-state index contributed by atoms with van der Waals surface area (Å²) in [6.07, 6.45) is -7.43. The largest absolute Gasteiger partial charge is 0.493 e. The Hall–Kier alpha value is -9.27. The summed E-state index contributed by atoms with van der Waals surface area (Å²) in [7, 11) is 0. The average Bonchev–Trinajstić information content (AvgIpc) is 3.44. The number of azo groups is 3. The Kier molecular flexibility index (Phi) is 18.8. The minimum absolute atomic E-state index is 0.0651. The molecule has 0 fully saturated rings. The molecule has 0 aliphatic carbocycles. The van der Waals surface area contributed by atoms with Gasteiger partial charge in [-0.05, 0) is 141 Å². The third-order valence-corrected chi connectivity index (χ3v) is 10.7. The number of nitrogens with zero attached hydrogens (tertiary/aromatic N) is 6. The molecule has 0 spiro atoms. The summed E-state index contributed by atoms with van der Waals surface area (Å²) in [6.45, 7) is 8.08. The standard InChI is InChI=1S/C57H48F6N6O9/c1-5-26-73-50-23-20-41(67-64-38-14-8-35(4)9-15-38)29-47(50)53(70)76-44-32-45(77-54(71)48-30-42(21-24-51(48)74-27-6-2)68-65-39-16-10-36(11-17-39)56(58,59)60)34-46(33-44)78-55(72)49-31-43(22-25-52(49)75-28-7-3)69-66-40-18-12-37(13-19-40)57(61,62)63/h8-25,29-34H,5-7,26-28H2,1-4H3. The first-order valence-corrected chi connectivity index (χ1v) is 24.2. The van der Waals surface area contributed by atoms with Crippen LogP contribution in [-0.4, -0.2) is 37.7 Å². The molecule has 7 aromatic rings. The molecule has 0 heterocycles. The zero-order valence-electron chi connectivity index (χ0n) is 42.2. The summed E-state index contributed by atoms with van der Waals surface area (Å²) < 4.78 is 114. The Bertz CT molecular complexity index is 3180. The van der Waals surface area contributed by atoms with E-state index >= 15 is 0 Å². The van der Waals surface area contributed by atoms with Gasteiger partial charge in [0, 0.05) is 18.2 Å². The van der Waals surface area contributed by atoms with Crippen LogP contribution in [0.3, 0.4) is 0 Å². The van der Waals surface area contributed by atoms with Crippen molar-refractivity contribution in [3.05, 3.63) is 179 Å². The van der Waals surface area contributed by atoms with Crippen LogP contribution in [0, 0.1) is 6.92 Å². The minimum Gasteiger partial charge on any atom is -0.493 e. The molecule has 0 saturated carbocycles. The highest BCUT2D eigenvalue weighted by Crippen LogP contribution is 2.37. The fourth-order valence-corrected chi connectivity index (χ4v) is 6.83. The zero-order chi connectivity index (χ0) is 55.8. The number of halogens is 6. The van der Waals surface area contributed by atoms with Crippen molar-refractivity contribution in [2.75, 3.05) is 19.8 Å². The lowest BCUT2D eigenvalue weighted by molar-refractivity contribution is -0.138. The highest BCUT2D eigenvalue weighted by molar-refractivity contribution is 5.97. The maximum Gasteiger partial charge on any atom is 0.416 e. The molecule has 0 aliphatic heterocycles. The van der Waals surface area contributed by atoms with E-state index < -0.39 is 41.4 Å². The summed E-state index contributed by atoms with van der Waals surface area (Å²) in [5, 5.41) is 24.8. The number of ether oxygens (including phenoxy) is 6. The van der Waals surface area contributed by atoms with E-state index in [-0.39, 0.29) is 99.4 Å². The smallest absolute Gasteiger partial charge is 0.416 e. The first-order chi connectivity index (χ1) is 37.4. The fourth-order valence-electron chi connectivity index (χ4n) is 6.83. The maximum absolute atomic E-state index is 14.2. The Morgan fingerprint density at radius 1 is 0.372 bits per heavy atom. The number of benzene rings is 7. The second-order valence-electron chi connectivity index (χ2n) is 16.9. The van der Waals surface area contributed by atoms with E-state index in [0.29, 0.717) is 24.9 Å². The lowest BCUT2D eigenvalue weighted by Crippen LogP contribution is -2.14. The topological polar surface area (TPSA) is 181 Å². The molecule has 402 valence electrons. The van der Waals surface area contributed by atoms with E-state index in [1.807, 2.05) is 39.8 Å². The predicted molar refractivity (Wildman–Crippen MR) is 275 cm³/mol. The van der Waals surface area contributed by atoms with Gasteiger partial charge in [0.05, 0.1) is 65.1 Å². The van der Waals surface area contributed by atoms with Crippen LogP contribution in [0.25, 0.3) is 0 Å². The lowest BCUT2D eigenvalue weighted by atomic mass is 10.1. The molecule has 0 atom stereocenters. The highest BCUT2D eigenvalue weighted by Gasteiger charge is 2.31. The van der Waals surface area contributed by atoms with E-state index in [1.165, 1.54) is 60.7 Å². The van der Waals surface area contributed by atoms with Gasteiger partial charge >= 0.3 is 30.3 Å². The normalized spacial score (nSPS) is 11.8. The Morgan fingerprint density at radius 2 is 0.628 bits per heavy atom. The van der Waals surface area contributed by atoms with Gasteiger partial charge in [0.1, 0.15) is 51.2 Å². The van der Waals surface area contributed by atoms with Crippen LogP contribution < -0.4 is 28.4 Å². The molecule has 7 rings (SSSR count). The predicted octanol–water partition coefficient (Wildman–Crippen LogP) is 17.3. The first-order valence-electron chi connectivity index (χ1n) is 24.2. The summed E-state index contributed by atoms with van der Waals surface area (Å²) >= 11 is 0. The molecule has 0 aromatic heterocycles. The number of carbonyl (C=O) groups is 3. The maximum atomic E-state index is 14.2. The molecule has 0 aliphatic rings. The van der Waals surface area contributed by atoms with Gasteiger partial charge in [-0.25, -0.2) is 14.4 Å². The van der Waals surface area contributed by atoms with Crippen molar-refractivity contribution in [1.82, 2.24) is 0 Å². The van der Waals surface area contributed by atoms with E-state index in [9.17, 15) is 40.7 Å². The SMILES string of the molecule is CCCOc1ccc(N=Nc2ccc(C)cc2)cc1C(=O)Oc1cc(OC(=O)c2cc(N=Nc3ccc(C(F)(F)F)cc3)ccc2OCCC)cc(OC(=O)c2cc(N=Nc3ccc(C(F)(F)F)cc3)ccc2OCCC)c1.